The van der Waals surface area contributed by atoms with Gasteiger partial charge in [-0.3, -0.25) is 4.79 Å². The molecule has 0 saturated heterocycles. The predicted molar refractivity (Wildman–Crippen MR) is 144 cm³/mol. The number of phenolic OH excluding ortho intramolecular Hbond substituents is 1. The molecule has 0 saturated carbocycles. The summed E-state index contributed by atoms with van der Waals surface area (Å²) in [5.41, 5.74) is 0.608. The Bertz CT molecular complexity index is 1300. The fourth-order valence-corrected chi connectivity index (χ4v) is 3.85. The summed E-state index contributed by atoms with van der Waals surface area (Å²) in [6.45, 7) is 5.08. The second kappa shape index (κ2) is 12.9. The first-order valence-corrected chi connectivity index (χ1v) is 12.3. The number of rotatable bonds is 13. The van der Waals surface area contributed by atoms with Crippen molar-refractivity contribution in [3.63, 3.8) is 0 Å². The van der Waals surface area contributed by atoms with E-state index in [1.807, 2.05) is 13.0 Å². The Hall–Kier alpha value is -3.37. The smallest absolute Gasteiger partial charge is 0.197 e. The molecule has 0 aliphatic rings. The molecule has 3 aromatic rings. The lowest BCUT2D eigenvalue weighted by atomic mass is 9.95. The number of allylic oxidation sites excluding steroid dienone is 2. The second-order valence-corrected chi connectivity index (χ2v) is 9.64. The number of hydrogen-bond acceptors (Lipinski definition) is 9. The Morgan fingerprint density at radius 2 is 1.74 bits per heavy atom. The second-order valence-electron chi connectivity index (χ2n) is 9.64. The number of aliphatic hydroxyl groups excluding tert-OH is 1. The Kier molecular flexibility index (Phi) is 9.93. The average molecular weight is 529 g/mol. The lowest BCUT2D eigenvalue weighted by molar-refractivity contribution is -0.0509. The zero-order valence-electron chi connectivity index (χ0n) is 22.4. The van der Waals surface area contributed by atoms with Crippen LogP contribution in [0.3, 0.4) is 0 Å². The van der Waals surface area contributed by atoms with Crippen molar-refractivity contribution in [2.24, 2.45) is 0 Å². The summed E-state index contributed by atoms with van der Waals surface area (Å²) in [7, 11) is 3.02. The van der Waals surface area contributed by atoms with Crippen molar-refractivity contribution in [1.82, 2.24) is 0 Å². The van der Waals surface area contributed by atoms with Crippen LogP contribution in [0.1, 0.15) is 39.2 Å². The molecule has 1 aromatic heterocycles. The van der Waals surface area contributed by atoms with Crippen molar-refractivity contribution in [3.05, 3.63) is 63.8 Å². The van der Waals surface area contributed by atoms with E-state index in [2.05, 4.69) is 0 Å². The maximum Gasteiger partial charge on any atom is 0.197 e. The molecule has 0 amide bonds. The van der Waals surface area contributed by atoms with Gasteiger partial charge in [-0.1, -0.05) is 11.6 Å². The van der Waals surface area contributed by atoms with Gasteiger partial charge in [0, 0.05) is 37.5 Å². The third kappa shape index (κ3) is 7.35. The van der Waals surface area contributed by atoms with Crippen molar-refractivity contribution in [3.8, 4) is 28.6 Å². The minimum Gasteiger partial charge on any atom is -0.507 e. The lowest BCUT2D eigenvalue weighted by Gasteiger charge is -2.24. The molecular weight excluding hydrogens is 492 g/mol. The minimum absolute atomic E-state index is 0.0528. The van der Waals surface area contributed by atoms with Crippen molar-refractivity contribution in [2.45, 2.75) is 51.7 Å². The van der Waals surface area contributed by atoms with Gasteiger partial charge in [-0.25, -0.2) is 0 Å². The van der Waals surface area contributed by atoms with Gasteiger partial charge >= 0.3 is 0 Å². The van der Waals surface area contributed by atoms with Crippen LogP contribution in [0.2, 0.25) is 0 Å². The van der Waals surface area contributed by atoms with E-state index >= 15 is 0 Å². The molecule has 38 heavy (non-hydrogen) atoms. The van der Waals surface area contributed by atoms with Crippen LogP contribution in [-0.4, -0.2) is 54.8 Å². The molecule has 1 atom stereocenters. The Labute approximate surface area is 221 Å². The largest absolute Gasteiger partial charge is 0.507 e. The van der Waals surface area contributed by atoms with Gasteiger partial charge in [0.25, 0.3) is 0 Å². The molecule has 0 radical (unpaired) electrons. The van der Waals surface area contributed by atoms with Crippen LogP contribution in [0, 0.1) is 0 Å². The zero-order valence-corrected chi connectivity index (χ0v) is 22.4. The van der Waals surface area contributed by atoms with E-state index in [1.165, 1.54) is 20.3 Å². The van der Waals surface area contributed by atoms with E-state index in [0.717, 1.165) is 5.57 Å². The first-order chi connectivity index (χ1) is 18.0. The van der Waals surface area contributed by atoms with Crippen molar-refractivity contribution in [1.29, 1.82) is 0 Å². The molecule has 0 aliphatic carbocycles. The standard InChI is InChI=1S/C29H36O9/c1-18(7-13-26(31)29(2,3)33)6-12-21-24(37-17-35-5)15-25-27(28(21)32)22(30)14-23(38-25)19-8-10-20(11-9-19)36-16-34-4/h6,8-11,14-15,26,31-33H,7,12-13,16-17H2,1-5H3/b18-6-/t26-/m0/s1. The van der Waals surface area contributed by atoms with Gasteiger partial charge < -0.3 is 38.7 Å². The lowest BCUT2D eigenvalue weighted by Crippen LogP contribution is -2.35. The van der Waals surface area contributed by atoms with Gasteiger partial charge in [0.1, 0.15) is 34.0 Å². The highest BCUT2D eigenvalue weighted by Crippen LogP contribution is 2.37. The van der Waals surface area contributed by atoms with Crippen molar-refractivity contribution < 1.29 is 38.7 Å². The van der Waals surface area contributed by atoms with E-state index in [1.54, 1.807) is 44.2 Å². The van der Waals surface area contributed by atoms with E-state index in [0.29, 0.717) is 41.2 Å². The summed E-state index contributed by atoms with van der Waals surface area (Å²) in [5.74, 6) is 1.03. The summed E-state index contributed by atoms with van der Waals surface area (Å²) in [6, 6.07) is 9.91. The summed E-state index contributed by atoms with van der Waals surface area (Å²) >= 11 is 0. The van der Waals surface area contributed by atoms with Gasteiger partial charge in [0.15, 0.2) is 19.0 Å². The topological polar surface area (TPSA) is 128 Å². The number of benzene rings is 2. The summed E-state index contributed by atoms with van der Waals surface area (Å²) in [6.07, 6.45) is 2.23. The van der Waals surface area contributed by atoms with Gasteiger partial charge in [-0.2, -0.15) is 0 Å². The van der Waals surface area contributed by atoms with Crippen molar-refractivity contribution in [2.75, 3.05) is 27.8 Å². The van der Waals surface area contributed by atoms with E-state index in [9.17, 15) is 20.1 Å². The van der Waals surface area contributed by atoms with Gasteiger partial charge in [0.2, 0.25) is 0 Å². The van der Waals surface area contributed by atoms with Gasteiger partial charge in [-0.15, -0.1) is 0 Å². The maximum atomic E-state index is 13.1. The number of hydrogen-bond donors (Lipinski definition) is 3. The van der Waals surface area contributed by atoms with E-state index < -0.39 is 17.1 Å². The monoisotopic (exact) mass is 528 g/mol. The van der Waals surface area contributed by atoms with Crippen LogP contribution in [0.4, 0.5) is 0 Å². The number of ether oxygens (including phenoxy) is 4. The summed E-state index contributed by atoms with van der Waals surface area (Å²) in [4.78, 5) is 13.1. The van der Waals surface area contributed by atoms with Crippen LogP contribution in [0.25, 0.3) is 22.3 Å². The molecule has 0 aliphatic heterocycles. The highest BCUT2D eigenvalue weighted by atomic mass is 16.7. The first kappa shape index (κ1) is 29.2. The predicted octanol–water partition coefficient (Wildman–Crippen LogP) is 4.53. The molecule has 206 valence electrons. The molecule has 1 heterocycles. The van der Waals surface area contributed by atoms with Crippen LogP contribution in [-0.2, 0) is 15.9 Å². The molecule has 0 unspecified atom stereocenters. The third-order valence-electron chi connectivity index (χ3n) is 6.15. The Balaban J connectivity index is 1.95. The molecule has 0 bridgehead atoms. The molecule has 9 heteroatoms. The normalized spacial score (nSPS) is 13.1. The van der Waals surface area contributed by atoms with E-state index in [4.69, 9.17) is 23.4 Å². The number of phenols is 1. The van der Waals surface area contributed by atoms with Crippen LogP contribution >= 0.6 is 0 Å². The first-order valence-electron chi connectivity index (χ1n) is 12.3. The highest BCUT2D eigenvalue weighted by molar-refractivity contribution is 5.88. The van der Waals surface area contributed by atoms with Gasteiger partial charge in [0.05, 0.1) is 11.7 Å². The fraction of sp³-hybridized carbons (Fsp3) is 0.414. The molecule has 0 spiro atoms. The maximum absolute atomic E-state index is 13.1. The number of aliphatic hydroxyl groups is 2. The fourth-order valence-electron chi connectivity index (χ4n) is 3.85. The Morgan fingerprint density at radius 1 is 1.08 bits per heavy atom. The quantitative estimate of drug-likeness (QED) is 0.216. The minimum atomic E-state index is -1.19. The number of methoxy groups -OCH3 is 2. The van der Waals surface area contributed by atoms with Crippen LogP contribution < -0.4 is 14.9 Å². The molecule has 3 rings (SSSR count). The summed E-state index contributed by atoms with van der Waals surface area (Å²) in [5, 5.41) is 31.2. The number of fused-ring (bicyclic) bond motifs is 1. The number of aromatic hydroxyl groups is 1. The molecule has 2 aromatic carbocycles. The molecule has 0 fully saturated rings. The van der Waals surface area contributed by atoms with E-state index in [-0.39, 0.29) is 36.7 Å². The molecular formula is C29H36O9. The van der Waals surface area contributed by atoms with Crippen molar-refractivity contribution >= 4 is 11.0 Å². The highest BCUT2D eigenvalue weighted by Gasteiger charge is 2.24. The van der Waals surface area contributed by atoms with Gasteiger partial charge in [-0.05, 0) is 64.3 Å². The zero-order chi connectivity index (χ0) is 27.9. The Morgan fingerprint density at radius 3 is 2.37 bits per heavy atom. The molecule has 9 nitrogen and oxygen atoms in total. The van der Waals surface area contributed by atoms with Crippen LogP contribution in [0.15, 0.2) is 57.3 Å². The van der Waals surface area contributed by atoms with Crippen LogP contribution in [0.5, 0.6) is 17.2 Å². The SMILES string of the molecule is COCOc1ccc(-c2cc(=O)c3c(O)c(C/C=C(/C)CC[C@H](O)C(C)(C)O)c(OCOC)cc3o2)cc1. The average Bonchev–Trinajstić information content (AvgIpc) is 2.88. The summed E-state index contributed by atoms with van der Waals surface area (Å²) < 4.78 is 27.1. The molecule has 3 N–H and O–H groups in total. The third-order valence-corrected chi connectivity index (χ3v) is 6.15.